The molecule has 2 unspecified atom stereocenters. The molecule has 1 aliphatic heterocycles. The third-order valence-corrected chi connectivity index (χ3v) is 5.58. The minimum absolute atomic E-state index is 0.119. The largest absolute Gasteiger partial charge is 0.395 e. The Morgan fingerprint density at radius 2 is 1.94 bits per heavy atom. The zero-order valence-electron chi connectivity index (χ0n) is 10.7. The molecule has 0 saturated carbocycles. The summed E-state index contributed by atoms with van der Waals surface area (Å²) in [6.45, 7) is 4.27. The van der Waals surface area contributed by atoms with Crippen LogP contribution in [-0.4, -0.2) is 37.0 Å². The van der Waals surface area contributed by atoms with Gasteiger partial charge in [-0.05, 0) is 31.4 Å². The van der Waals surface area contributed by atoms with Crippen molar-refractivity contribution in [2.45, 2.75) is 31.2 Å². The van der Waals surface area contributed by atoms with Crippen LogP contribution >= 0.6 is 0 Å². The second kappa shape index (κ2) is 4.99. The van der Waals surface area contributed by atoms with E-state index in [4.69, 9.17) is 0 Å². The Hall–Kier alpha value is -0.910. The second-order valence-electron chi connectivity index (χ2n) is 4.94. The highest BCUT2D eigenvalue weighted by atomic mass is 32.2. The van der Waals surface area contributed by atoms with E-state index in [1.807, 2.05) is 13.8 Å². The number of rotatable bonds is 3. The Kier molecular flexibility index (Phi) is 3.75. The van der Waals surface area contributed by atoms with Gasteiger partial charge in [-0.2, -0.15) is 4.31 Å². The van der Waals surface area contributed by atoms with Gasteiger partial charge in [0.1, 0.15) is 0 Å². The average molecular weight is 269 g/mol. The SMILES string of the molecule is Cc1ccc(S(=O)(=O)N2CCC(C)C2CO)cc1. The molecule has 0 amide bonds. The highest BCUT2D eigenvalue weighted by Gasteiger charge is 2.38. The molecule has 1 aliphatic rings. The maximum atomic E-state index is 12.5. The number of aliphatic hydroxyl groups is 1. The van der Waals surface area contributed by atoms with E-state index >= 15 is 0 Å². The molecule has 1 aromatic rings. The average Bonchev–Trinajstić information content (AvgIpc) is 2.71. The molecular weight excluding hydrogens is 250 g/mol. The van der Waals surface area contributed by atoms with Gasteiger partial charge in [-0.3, -0.25) is 0 Å². The molecule has 0 spiro atoms. The molecule has 2 rings (SSSR count). The Morgan fingerprint density at radius 3 is 2.50 bits per heavy atom. The predicted octanol–water partition coefficient (Wildman–Crippen LogP) is 1.39. The number of hydrogen-bond acceptors (Lipinski definition) is 3. The number of aliphatic hydroxyl groups excluding tert-OH is 1. The maximum Gasteiger partial charge on any atom is 0.243 e. The van der Waals surface area contributed by atoms with Crippen LogP contribution in [0.1, 0.15) is 18.9 Å². The molecule has 1 fully saturated rings. The first-order valence-electron chi connectivity index (χ1n) is 6.16. The van der Waals surface area contributed by atoms with Crippen molar-refractivity contribution in [1.82, 2.24) is 4.31 Å². The molecule has 0 aromatic heterocycles. The van der Waals surface area contributed by atoms with Crippen LogP contribution in [-0.2, 0) is 10.0 Å². The van der Waals surface area contributed by atoms with Gasteiger partial charge >= 0.3 is 0 Å². The number of nitrogens with zero attached hydrogens (tertiary/aromatic N) is 1. The van der Waals surface area contributed by atoms with Crippen molar-refractivity contribution in [3.63, 3.8) is 0 Å². The minimum atomic E-state index is -3.48. The second-order valence-corrected chi connectivity index (χ2v) is 6.84. The summed E-state index contributed by atoms with van der Waals surface area (Å²) in [6, 6.07) is 6.54. The Morgan fingerprint density at radius 1 is 1.33 bits per heavy atom. The van der Waals surface area contributed by atoms with Crippen LogP contribution in [0.25, 0.3) is 0 Å². The van der Waals surface area contributed by atoms with E-state index < -0.39 is 10.0 Å². The lowest BCUT2D eigenvalue weighted by atomic mass is 10.0. The van der Waals surface area contributed by atoms with Gasteiger partial charge < -0.3 is 5.11 Å². The van der Waals surface area contributed by atoms with Gasteiger partial charge in [-0.1, -0.05) is 24.6 Å². The van der Waals surface area contributed by atoms with Gasteiger partial charge in [0.15, 0.2) is 0 Å². The molecule has 0 aliphatic carbocycles. The van der Waals surface area contributed by atoms with E-state index in [-0.39, 0.29) is 18.6 Å². The summed E-state index contributed by atoms with van der Waals surface area (Å²) in [5, 5.41) is 9.36. The summed E-state index contributed by atoms with van der Waals surface area (Å²) < 4.78 is 26.4. The van der Waals surface area contributed by atoms with E-state index in [1.165, 1.54) is 4.31 Å². The first kappa shape index (κ1) is 13.5. The van der Waals surface area contributed by atoms with E-state index in [0.29, 0.717) is 11.4 Å². The van der Waals surface area contributed by atoms with Crippen LogP contribution < -0.4 is 0 Å². The van der Waals surface area contributed by atoms with E-state index in [2.05, 4.69) is 0 Å². The van der Waals surface area contributed by atoms with Gasteiger partial charge in [0, 0.05) is 6.54 Å². The van der Waals surface area contributed by atoms with Crippen molar-refractivity contribution < 1.29 is 13.5 Å². The summed E-state index contributed by atoms with van der Waals surface area (Å²) in [5.41, 5.74) is 1.03. The zero-order chi connectivity index (χ0) is 13.3. The molecule has 2 atom stereocenters. The molecule has 1 aromatic carbocycles. The molecule has 1 N–H and O–H groups in total. The first-order chi connectivity index (χ1) is 8.46. The number of hydrogen-bond donors (Lipinski definition) is 1. The fourth-order valence-corrected chi connectivity index (χ4v) is 4.12. The lowest BCUT2D eigenvalue weighted by molar-refractivity contribution is 0.191. The smallest absolute Gasteiger partial charge is 0.243 e. The Balaban J connectivity index is 2.34. The number of aryl methyl sites for hydroxylation is 1. The third kappa shape index (κ3) is 2.30. The van der Waals surface area contributed by atoms with Gasteiger partial charge in [0.2, 0.25) is 10.0 Å². The van der Waals surface area contributed by atoms with Gasteiger partial charge in [0.25, 0.3) is 0 Å². The highest BCUT2D eigenvalue weighted by Crippen LogP contribution is 2.29. The highest BCUT2D eigenvalue weighted by molar-refractivity contribution is 7.89. The quantitative estimate of drug-likeness (QED) is 0.902. The van der Waals surface area contributed by atoms with Gasteiger partial charge in [-0.15, -0.1) is 0 Å². The number of sulfonamides is 1. The molecule has 100 valence electrons. The summed E-state index contributed by atoms with van der Waals surface area (Å²) in [7, 11) is -3.48. The summed E-state index contributed by atoms with van der Waals surface area (Å²) in [5.74, 6) is 0.204. The predicted molar refractivity (Wildman–Crippen MR) is 69.7 cm³/mol. The standard InChI is InChI=1S/C13H19NO3S/c1-10-3-5-12(6-4-10)18(16,17)14-8-7-11(2)13(14)9-15/h3-6,11,13,15H,7-9H2,1-2H3. The van der Waals surface area contributed by atoms with E-state index in [0.717, 1.165) is 12.0 Å². The third-order valence-electron chi connectivity index (χ3n) is 3.65. The number of benzene rings is 1. The normalized spacial score (nSPS) is 25.5. The van der Waals surface area contributed by atoms with Crippen LogP contribution in [0.2, 0.25) is 0 Å². The van der Waals surface area contributed by atoms with E-state index in [1.54, 1.807) is 24.3 Å². The van der Waals surface area contributed by atoms with Crippen LogP contribution in [0.15, 0.2) is 29.2 Å². The van der Waals surface area contributed by atoms with Crippen LogP contribution in [0, 0.1) is 12.8 Å². The summed E-state index contributed by atoms with van der Waals surface area (Å²) in [4.78, 5) is 0.306. The van der Waals surface area contributed by atoms with Crippen molar-refractivity contribution in [2.75, 3.05) is 13.2 Å². The molecule has 4 nitrogen and oxygen atoms in total. The molecule has 1 saturated heterocycles. The fraction of sp³-hybridized carbons (Fsp3) is 0.538. The van der Waals surface area contributed by atoms with Crippen molar-refractivity contribution >= 4 is 10.0 Å². The van der Waals surface area contributed by atoms with E-state index in [9.17, 15) is 13.5 Å². The zero-order valence-corrected chi connectivity index (χ0v) is 11.5. The van der Waals surface area contributed by atoms with Crippen molar-refractivity contribution in [2.24, 2.45) is 5.92 Å². The molecule has 0 bridgehead atoms. The van der Waals surface area contributed by atoms with Crippen LogP contribution in [0.5, 0.6) is 0 Å². The lowest BCUT2D eigenvalue weighted by Gasteiger charge is -2.24. The molecule has 0 radical (unpaired) electrons. The van der Waals surface area contributed by atoms with Crippen LogP contribution in [0.4, 0.5) is 0 Å². The lowest BCUT2D eigenvalue weighted by Crippen LogP contribution is -2.39. The summed E-state index contributed by atoms with van der Waals surface area (Å²) >= 11 is 0. The molecular formula is C13H19NO3S. The van der Waals surface area contributed by atoms with Gasteiger partial charge in [-0.25, -0.2) is 8.42 Å². The fourth-order valence-electron chi connectivity index (χ4n) is 2.39. The summed E-state index contributed by atoms with van der Waals surface area (Å²) in [6.07, 6.45) is 0.802. The Bertz CT molecular complexity index is 510. The first-order valence-corrected chi connectivity index (χ1v) is 7.60. The Labute approximate surface area is 108 Å². The topological polar surface area (TPSA) is 57.6 Å². The monoisotopic (exact) mass is 269 g/mol. The maximum absolute atomic E-state index is 12.5. The minimum Gasteiger partial charge on any atom is -0.395 e. The van der Waals surface area contributed by atoms with Crippen molar-refractivity contribution in [3.8, 4) is 0 Å². The van der Waals surface area contributed by atoms with Gasteiger partial charge in [0.05, 0.1) is 17.5 Å². The molecule has 5 heteroatoms. The molecule has 1 heterocycles. The van der Waals surface area contributed by atoms with Crippen molar-refractivity contribution in [1.29, 1.82) is 0 Å². The van der Waals surface area contributed by atoms with Crippen LogP contribution in [0.3, 0.4) is 0 Å². The van der Waals surface area contributed by atoms with Crippen molar-refractivity contribution in [3.05, 3.63) is 29.8 Å². The molecule has 18 heavy (non-hydrogen) atoms.